The molecule has 0 bridgehead atoms. The molecular formula is C19H22ClNO5S2. The summed E-state index contributed by atoms with van der Waals surface area (Å²) in [7, 11) is -5.65. The van der Waals surface area contributed by atoms with E-state index in [0.29, 0.717) is 18.0 Å². The van der Waals surface area contributed by atoms with E-state index in [4.69, 9.17) is 16.3 Å². The molecule has 152 valence electrons. The van der Waals surface area contributed by atoms with Crippen molar-refractivity contribution in [3.05, 3.63) is 59.1 Å². The Balaban J connectivity index is 1.74. The van der Waals surface area contributed by atoms with Crippen LogP contribution in [0, 0.1) is 0 Å². The van der Waals surface area contributed by atoms with Crippen LogP contribution >= 0.6 is 11.6 Å². The fourth-order valence-electron chi connectivity index (χ4n) is 3.34. The largest absolute Gasteiger partial charge is 0.497 e. The van der Waals surface area contributed by atoms with E-state index in [9.17, 15) is 16.8 Å². The number of halogens is 1. The highest BCUT2D eigenvalue weighted by Gasteiger charge is 2.45. The standard InChI is InChI=1S/C19H22ClNO5S2/c1-26-16-4-2-3-14(11-16)9-10-21-18-12-27(22,23)13-19(18)28(24,25)17-7-5-15(20)6-8-17/h2-8,11,18-19,21H,9-10,12-13H2,1H3/t18-,19-/m1/s1. The van der Waals surface area contributed by atoms with Crippen molar-refractivity contribution in [1.29, 1.82) is 0 Å². The molecule has 0 spiro atoms. The Hall–Kier alpha value is -1.61. The Morgan fingerprint density at radius 3 is 2.54 bits per heavy atom. The Bertz CT molecular complexity index is 1040. The maximum absolute atomic E-state index is 13.0. The Labute approximate surface area is 170 Å². The highest BCUT2D eigenvalue weighted by Crippen LogP contribution is 2.27. The lowest BCUT2D eigenvalue weighted by molar-refractivity contribution is 0.414. The van der Waals surface area contributed by atoms with Gasteiger partial charge in [0.05, 0.1) is 28.8 Å². The average Bonchev–Trinajstić information content (AvgIpc) is 2.97. The van der Waals surface area contributed by atoms with E-state index in [2.05, 4.69) is 5.32 Å². The SMILES string of the molecule is COc1cccc(CCN[C@@H]2CS(=O)(=O)C[C@H]2S(=O)(=O)c2ccc(Cl)cc2)c1. The lowest BCUT2D eigenvalue weighted by atomic mass is 10.1. The smallest absolute Gasteiger partial charge is 0.183 e. The summed E-state index contributed by atoms with van der Waals surface area (Å²) in [6.45, 7) is 0.458. The number of methoxy groups -OCH3 is 1. The maximum Gasteiger partial charge on any atom is 0.183 e. The first-order valence-electron chi connectivity index (χ1n) is 8.77. The number of rotatable bonds is 7. The zero-order valence-electron chi connectivity index (χ0n) is 15.3. The van der Waals surface area contributed by atoms with E-state index in [1.807, 2.05) is 24.3 Å². The third kappa shape index (κ3) is 4.86. The predicted octanol–water partition coefficient (Wildman–Crippen LogP) is 2.12. The fourth-order valence-corrected chi connectivity index (χ4v) is 8.18. The third-order valence-corrected chi connectivity index (χ3v) is 9.21. The number of hydrogen-bond donors (Lipinski definition) is 1. The molecule has 2 aromatic rings. The van der Waals surface area contributed by atoms with Crippen LogP contribution in [0.4, 0.5) is 0 Å². The van der Waals surface area contributed by atoms with Crippen LogP contribution in [0.2, 0.25) is 5.02 Å². The second-order valence-corrected chi connectivity index (χ2v) is 11.5. The van der Waals surface area contributed by atoms with E-state index in [1.54, 1.807) is 7.11 Å². The summed E-state index contributed by atoms with van der Waals surface area (Å²) in [5, 5.41) is 2.53. The zero-order valence-corrected chi connectivity index (χ0v) is 17.7. The number of ether oxygens (including phenoxy) is 1. The van der Waals surface area contributed by atoms with Crippen molar-refractivity contribution in [1.82, 2.24) is 5.32 Å². The van der Waals surface area contributed by atoms with Crippen LogP contribution in [0.15, 0.2) is 53.4 Å². The summed E-state index contributed by atoms with van der Waals surface area (Å²) < 4.78 is 55.5. The Kier molecular flexibility index (Phi) is 6.34. The van der Waals surface area contributed by atoms with Gasteiger partial charge in [-0.3, -0.25) is 0 Å². The van der Waals surface area contributed by atoms with Crippen LogP contribution in [-0.4, -0.2) is 53.3 Å². The van der Waals surface area contributed by atoms with E-state index >= 15 is 0 Å². The third-order valence-electron chi connectivity index (χ3n) is 4.80. The molecule has 28 heavy (non-hydrogen) atoms. The Morgan fingerprint density at radius 2 is 1.86 bits per heavy atom. The predicted molar refractivity (Wildman–Crippen MR) is 110 cm³/mol. The van der Waals surface area contributed by atoms with E-state index in [0.717, 1.165) is 11.3 Å². The van der Waals surface area contributed by atoms with Gasteiger partial charge >= 0.3 is 0 Å². The quantitative estimate of drug-likeness (QED) is 0.705. The lowest BCUT2D eigenvalue weighted by Gasteiger charge is -2.20. The summed E-state index contributed by atoms with van der Waals surface area (Å²) in [6, 6.07) is 12.7. The maximum atomic E-state index is 13.0. The normalized spacial score (nSPS) is 21.5. The summed E-state index contributed by atoms with van der Waals surface area (Å²) in [6.07, 6.45) is 0.626. The van der Waals surface area contributed by atoms with E-state index in [1.165, 1.54) is 24.3 Å². The number of nitrogens with one attached hydrogen (secondary N) is 1. The van der Waals surface area contributed by atoms with Gasteiger partial charge in [0.25, 0.3) is 0 Å². The highest BCUT2D eigenvalue weighted by atomic mass is 35.5. The average molecular weight is 444 g/mol. The van der Waals surface area contributed by atoms with Gasteiger partial charge in [-0.2, -0.15) is 0 Å². The minimum atomic E-state index is -3.80. The second-order valence-electron chi connectivity index (χ2n) is 6.78. The summed E-state index contributed by atoms with van der Waals surface area (Å²) in [5.74, 6) is 0.168. The van der Waals surface area contributed by atoms with Crippen molar-refractivity contribution in [2.24, 2.45) is 0 Å². The van der Waals surface area contributed by atoms with Crippen LogP contribution < -0.4 is 10.1 Å². The monoisotopic (exact) mass is 443 g/mol. The van der Waals surface area contributed by atoms with E-state index in [-0.39, 0.29) is 16.4 Å². The number of hydrogen-bond acceptors (Lipinski definition) is 6. The molecule has 0 aromatic heterocycles. The molecule has 1 fully saturated rings. The molecule has 0 saturated carbocycles. The minimum absolute atomic E-state index is 0.0820. The first kappa shape index (κ1) is 21.1. The van der Waals surface area contributed by atoms with Crippen LogP contribution in [0.1, 0.15) is 5.56 Å². The van der Waals surface area contributed by atoms with Crippen LogP contribution in [0.3, 0.4) is 0 Å². The first-order valence-corrected chi connectivity index (χ1v) is 12.5. The summed E-state index contributed by atoms with van der Waals surface area (Å²) in [4.78, 5) is 0.0820. The molecule has 1 aliphatic heterocycles. The van der Waals surface area contributed by atoms with E-state index < -0.39 is 31.0 Å². The molecule has 1 N–H and O–H groups in total. The minimum Gasteiger partial charge on any atom is -0.497 e. The molecule has 9 heteroatoms. The van der Waals surface area contributed by atoms with Gasteiger partial charge in [0, 0.05) is 11.1 Å². The molecule has 6 nitrogen and oxygen atoms in total. The molecule has 0 amide bonds. The molecule has 1 heterocycles. The molecule has 0 aliphatic carbocycles. The number of benzene rings is 2. The van der Waals surface area contributed by atoms with Gasteiger partial charge in [-0.15, -0.1) is 0 Å². The fraction of sp³-hybridized carbons (Fsp3) is 0.368. The van der Waals surface area contributed by atoms with Crippen molar-refractivity contribution in [3.63, 3.8) is 0 Å². The zero-order chi connectivity index (χ0) is 20.4. The summed E-state index contributed by atoms with van der Waals surface area (Å²) >= 11 is 5.83. The highest BCUT2D eigenvalue weighted by molar-refractivity contribution is 7.96. The molecule has 1 aliphatic rings. The van der Waals surface area contributed by atoms with Crippen molar-refractivity contribution < 1.29 is 21.6 Å². The molecule has 0 radical (unpaired) electrons. The van der Waals surface area contributed by atoms with Gasteiger partial charge in [0.15, 0.2) is 19.7 Å². The van der Waals surface area contributed by atoms with Gasteiger partial charge in [0.1, 0.15) is 5.75 Å². The van der Waals surface area contributed by atoms with Crippen molar-refractivity contribution in [3.8, 4) is 5.75 Å². The summed E-state index contributed by atoms with van der Waals surface area (Å²) in [5.41, 5.74) is 1.02. The molecule has 0 unspecified atom stereocenters. The second kappa shape index (κ2) is 8.41. The molecule has 2 atom stereocenters. The van der Waals surface area contributed by atoms with Crippen molar-refractivity contribution >= 4 is 31.3 Å². The van der Waals surface area contributed by atoms with Gasteiger partial charge < -0.3 is 10.1 Å². The first-order chi connectivity index (χ1) is 13.2. The van der Waals surface area contributed by atoms with Crippen LogP contribution in [0.5, 0.6) is 5.75 Å². The lowest BCUT2D eigenvalue weighted by Crippen LogP contribution is -2.44. The molecule has 2 aromatic carbocycles. The molecular weight excluding hydrogens is 422 g/mol. The van der Waals surface area contributed by atoms with Gasteiger partial charge in [-0.25, -0.2) is 16.8 Å². The van der Waals surface area contributed by atoms with Crippen LogP contribution in [-0.2, 0) is 26.1 Å². The topological polar surface area (TPSA) is 89.5 Å². The van der Waals surface area contributed by atoms with Crippen LogP contribution in [0.25, 0.3) is 0 Å². The van der Waals surface area contributed by atoms with Gasteiger partial charge in [0.2, 0.25) is 0 Å². The van der Waals surface area contributed by atoms with Crippen molar-refractivity contribution in [2.75, 3.05) is 25.2 Å². The Morgan fingerprint density at radius 1 is 1.14 bits per heavy atom. The van der Waals surface area contributed by atoms with Gasteiger partial charge in [-0.05, 0) is 54.9 Å². The number of sulfone groups is 2. The molecule has 1 saturated heterocycles. The molecule has 3 rings (SSSR count). The van der Waals surface area contributed by atoms with Crippen molar-refractivity contribution in [2.45, 2.75) is 22.6 Å². The van der Waals surface area contributed by atoms with Gasteiger partial charge in [-0.1, -0.05) is 23.7 Å².